The first-order valence-electron chi connectivity index (χ1n) is 8.35. The average molecular weight is 282 g/mol. The van der Waals surface area contributed by atoms with E-state index >= 15 is 0 Å². The predicted octanol–water partition coefficient (Wildman–Crippen LogP) is 3.57. The summed E-state index contributed by atoms with van der Waals surface area (Å²) in [5.74, 6) is 1.08. The quantitative estimate of drug-likeness (QED) is 0.838. The van der Waals surface area contributed by atoms with Crippen LogP contribution < -0.4 is 5.73 Å². The lowest BCUT2D eigenvalue weighted by Crippen LogP contribution is -2.38. The number of likely N-dealkylation sites (tertiary alicyclic amines) is 1. The molecule has 1 aliphatic rings. The minimum absolute atomic E-state index is 0.00260. The van der Waals surface area contributed by atoms with Gasteiger partial charge in [-0.2, -0.15) is 0 Å². The third kappa shape index (κ3) is 6.74. The summed E-state index contributed by atoms with van der Waals surface area (Å²) in [5.41, 5.74) is 6.33. The van der Waals surface area contributed by atoms with Crippen LogP contribution in [-0.2, 0) is 4.79 Å². The number of carbonyl (C=O) groups excluding carboxylic acids is 1. The van der Waals surface area contributed by atoms with Gasteiger partial charge in [-0.05, 0) is 37.0 Å². The van der Waals surface area contributed by atoms with Crippen LogP contribution in [0.3, 0.4) is 0 Å². The Bertz CT molecular complexity index is 296. The van der Waals surface area contributed by atoms with Crippen molar-refractivity contribution in [2.45, 2.75) is 78.7 Å². The SMILES string of the molecule is CCCC1CCCN(C(=O)CC(N)CC(C)(C)C)CC1. The number of rotatable bonds is 5. The minimum atomic E-state index is -0.00260. The highest BCUT2D eigenvalue weighted by molar-refractivity contribution is 5.76. The van der Waals surface area contributed by atoms with Crippen LogP contribution in [-0.4, -0.2) is 29.9 Å². The summed E-state index contributed by atoms with van der Waals surface area (Å²) in [5, 5.41) is 0. The smallest absolute Gasteiger partial charge is 0.224 e. The van der Waals surface area contributed by atoms with Crippen molar-refractivity contribution in [3.63, 3.8) is 0 Å². The van der Waals surface area contributed by atoms with E-state index in [1.165, 1.54) is 25.7 Å². The lowest BCUT2D eigenvalue weighted by Gasteiger charge is -2.26. The van der Waals surface area contributed by atoms with Gasteiger partial charge in [0.05, 0.1) is 0 Å². The van der Waals surface area contributed by atoms with Crippen molar-refractivity contribution in [3.05, 3.63) is 0 Å². The van der Waals surface area contributed by atoms with Crippen molar-refractivity contribution < 1.29 is 4.79 Å². The molecule has 1 aliphatic heterocycles. The molecule has 0 saturated carbocycles. The molecule has 1 fully saturated rings. The lowest BCUT2D eigenvalue weighted by atomic mass is 9.87. The largest absolute Gasteiger partial charge is 0.343 e. The van der Waals surface area contributed by atoms with Crippen molar-refractivity contribution in [2.75, 3.05) is 13.1 Å². The third-order valence-electron chi connectivity index (χ3n) is 4.21. The van der Waals surface area contributed by atoms with E-state index in [1.807, 2.05) is 0 Å². The van der Waals surface area contributed by atoms with Crippen LogP contribution in [0.4, 0.5) is 0 Å². The topological polar surface area (TPSA) is 46.3 Å². The Balaban J connectivity index is 2.39. The van der Waals surface area contributed by atoms with Gasteiger partial charge in [0.2, 0.25) is 5.91 Å². The molecular weight excluding hydrogens is 248 g/mol. The molecule has 1 rings (SSSR count). The molecule has 1 amide bonds. The number of carbonyl (C=O) groups is 1. The second kappa shape index (κ2) is 8.02. The highest BCUT2D eigenvalue weighted by Crippen LogP contribution is 2.24. The molecule has 2 N–H and O–H groups in total. The van der Waals surface area contributed by atoms with Crippen molar-refractivity contribution in [2.24, 2.45) is 17.1 Å². The van der Waals surface area contributed by atoms with Gasteiger partial charge in [0.15, 0.2) is 0 Å². The van der Waals surface area contributed by atoms with Gasteiger partial charge in [0.25, 0.3) is 0 Å². The van der Waals surface area contributed by atoms with Gasteiger partial charge in [0.1, 0.15) is 0 Å². The fraction of sp³-hybridized carbons (Fsp3) is 0.941. The zero-order valence-electron chi connectivity index (χ0n) is 14.0. The Kier molecular flexibility index (Phi) is 7.01. The summed E-state index contributed by atoms with van der Waals surface area (Å²) in [6, 6.07) is -0.00260. The Hall–Kier alpha value is -0.570. The van der Waals surface area contributed by atoms with Crippen LogP contribution in [0.2, 0.25) is 0 Å². The fourth-order valence-electron chi connectivity index (χ4n) is 3.32. The Labute approximate surface area is 125 Å². The molecule has 0 spiro atoms. The van der Waals surface area contributed by atoms with Crippen molar-refractivity contribution in [3.8, 4) is 0 Å². The van der Waals surface area contributed by atoms with E-state index in [2.05, 4.69) is 32.6 Å². The van der Waals surface area contributed by atoms with Crippen LogP contribution in [0, 0.1) is 11.3 Å². The Morgan fingerprint density at radius 1 is 1.30 bits per heavy atom. The molecule has 2 unspecified atom stereocenters. The third-order valence-corrected chi connectivity index (χ3v) is 4.21. The molecule has 0 aromatic rings. The van der Waals surface area contributed by atoms with Gasteiger partial charge < -0.3 is 10.6 Å². The summed E-state index contributed by atoms with van der Waals surface area (Å²) >= 11 is 0. The van der Waals surface area contributed by atoms with Crippen LogP contribution in [0.1, 0.15) is 72.6 Å². The normalized spacial score (nSPS) is 22.4. The monoisotopic (exact) mass is 282 g/mol. The number of hydrogen-bond donors (Lipinski definition) is 1. The second-order valence-electron chi connectivity index (χ2n) is 7.70. The van der Waals surface area contributed by atoms with Crippen LogP contribution >= 0.6 is 0 Å². The standard InChI is InChI=1S/C17H34N2O/c1-5-7-14-8-6-10-19(11-9-14)16(20)12-15(18)13-17(2,3)4/h14-15H,5-13,18H2,1-4H3. The van der Waals surface area contributed by atoms with Gasteiger partial charge in [-0.1, -0.05) is 40.5 Å². The summed E-state index contributed by atoms with van der Waals surface area (Å²) in [6.07, 6.45) is 7.60. The fourth-order valence-corrected chi connectivity index (χ4v) is 3.32. The summed E-state index contributed by atoms with van der Waals surface area (Å²) in [4.78, 5) is 14.4. The molecule has 0 aliphatic carbocycles. The second-order valence-corrected chi connectivity index (χ2v) is 7.70. The zero-order chi connectivity index (χ0) is 15.2. The van der Waals surface area contributed by atoms with Gasteiger partial charge in [-0.25, -0.2) is 0 Å². The van der Waals surface area contributed by atoms with Crippen molar-refractivity contribution >= 4 is 5.91 Å². The maximum atomic E-state index is 12.4. The highest BCUT2D eigenvalue weighted by atomic mass is 16.2. The first-order chi connectivity index (χ1) is 9.31. The summed E-state index contributed by atoms with van der Waals surface area (Å²) < 4.78 is 0. The molecule has 0 aromatic carbocycles. The number of nitrogens with zero attached hydrogens (tertiary/aromatic N) is 1. The molecule has 0 radical (unpaired) electrons. The van der Waals surface area contributed by atoms with Crippen LogP contribution in [0.25, 0.3) is 0 Å². The molecule has 118 valence electrons. The van der Waals surface area contributed by atoms with Gasteiger partial charge in [-0.3, -0.25) is 4.79 Å². The molecule has 2 atom stereocenters. The van der Waals surface area contributed by atoms with E-state index in [4.69, 9.17) is 5.73 Å². The van der Waals surface area contributed by atoms with Gasteiger partial charge in [0, 0.05) is 25.6 Å². The lowest BCUT2D eigenvalue weighted by molar-refractivity contribution is -0.131. The molecule has 0 bridgehead atoms. The van der Waals surface area contributed by atoms with Crippen LogP contribution in [0.5, 0.6) is 0 Å². The maximum Gasteiger partial charge on any atom is 0.224 e. The average Bonchev–Trinajstić information content (AvgIpc) is 2.52. The molecule has 3 nitrogen and oxygen atoms in total. The molecular formula is C17H34N2O. The number of amides is 1. The first-order valence-corrected chi connectivity index (χ1v) is 8.35. The van der Waals surface area contributed by atoms with E-state index < -0.39 is 0 Å². The van der Waals surface area contributed by atoms with E-state index in [0.717, 1.165) is 31.8 Å². The summed E-state index contributed by atoms with van der Waals surface area (Å²) in [6.45, 7) is 10.7. The molecule has 1 saturated heterocycles. The number of hydrogen-bond acceptors (Lipinski definition) is 2. The first kappa shape index (κ1) is 17.5. The van der Waals surface area contributed by atoms with Crippen LogP contribution in [0.15, 0.2) is 0 Å². The van der Waals surface area contributed by atoms with E-state index in [1.54, 1.807) is 0 Å². The summed E-state index contributed by atoms with van der Waals surface area (Å²) in [7, 11) is 0. The zero-order valence-corrected chi connectivity index (χ0v) is 14.0. The number of nitrogens with two attached hydrogens (primary N) is 1. The highest BCUT2D eigenvalue weighted by Gasteiger charge is 2.23. The Morgan fingerprint density at radius 3 is 2.60 bits per heavy atom. The van der Waals surface area contributed by atoms with Crippen molar-refractivity contribution in [1.82, 2.24) is 4.90 Å². The molecule has 0 aromatic heterocycles. The molecule has 1 heterocycles. The van der Waals surface area contributed by atoms with Gasteiger partial charge in [-0.15, -0.1) is 0 Å². The Morgan fingerprint density at radius 2 is 2.00 bits per heavy atom. The molecule has 3 heteroatoms. The van der Waals surface area contributed by atoms with E-state index in [-0.39, 0.29) is 17.4 Å². The van der Waals surface area contributed by atoms with Crippen molar-refractivity contribution in [1.29, 1.82) is 0 Å². The predicted molar refractivity (Wildman–Crippen MR) is 85.5 cm³/mol. The molecule has 20 heavy (non-hydrogen) atoms. The van der Waals surface area contributed by atoms with E-state index in [0.29, 0.717) is 6.42 Å². The van der Waals surface area contributed by atoms with Gasteiger partial charge >= 0.3 is 0 Å². The van der Waals surface area contributed by atoms with E-state index in [9.17, 15) is 4.79 Å². The minimum Gasteiger partial charge on any atom is -0.343 e. The maximum absolute atomic E-state index is 12.4.